The summed E-state index contributed by atoms with van der Waals surface area (Å²) in [5.41, 5.74) is 0. The Morgan fingerprint density at radius 3 is 2.84 bits per heavy atom. The predicted molar refractivity (Wildman–Crippen MR) is 72.1 cm³/mol. The maximum Gasteiger partial charge on any atom is 0.199 e. The first-order valence-corrected chi connectivity index (χ1v) is 6.64. The van der Waals surface area contributed by atoms with Crippen LogP contribution in [0.4, 0.5) is 0 Å². The molecule has 6 nitrogen and oxygen atoms in total. The molecule has 3 heterocycles. The van der Waals surface area contributed by atoms with Gasteiger partial charge in [0.2, 0.25) is 0 Å². The number of aromatic nitrogens is 3. The second-order valence-corrected chi connectivity index (χ2v) is 4.88. The number of hydrogen-bond donors (Lipinski definition) is 0. The number of rotatable bonds is 3. The minimum Gasteiger partial charge on any atom is -0.461 e. The van der Waals surface area contributed by atoms with E-state index in [1.807, 2.05) is 28.4 Å². The van der Waals surface area contributed by atoms with Crippen LogP contribution in [0.3, 0.4) is 0 Å². The van der Waals surface area contributed by atoms with E-state index in [1.165, 1.54) is 0 Å². The van der Waals surface area contributed by atoms with Crippen molar-refractivity contribution in [3.8, 4) is 11.6 Å². The van der Waals surface area contributed by atoms with Crippen LogP contribution in [0.25, 0.3) is 11.6 Å². The normalized spacial score (nSPS) is 16.9. The number of hydrogen-bond acceptors (Lipinski definition) is 5. The number of morpholine rings is 1. The van der Waals surface area contributed by atoms with E-state index in [2.05, 4.69) is 10.00 Å². The van der Waals surface area contributed by atoms with E-state index in [0.29, 0.717) is 11.4 Å². The van der Waals surface area contributed by atoms with Crippen LogP contribution in [0.1, 0.15) is 0 Å². The van der Waals surface area contributed by atoms with Gasteiger partial charge >= 0.3 is 0 Å². The van der Waals surface area contributed by atoms with Crippen LogP contribution in [-0.4, -0.2) is 45.6 Å². The van der Waals surface area contributed by atoms with Crippen LogP contribution in [0, 0.1) is 4.77 Å². The van der Waals surface area contributed by atoms with Gasteiger partial charge in [-0.05, 0) is 24.4 Å². The van der Waals surface area contributed by atoms with E-state index in [1.54, 1.807) is 6.26 Å². The molecule has 0 unspecified atom stereocenters. The highest BCUT2D eigenvalue weighted by Gasteiger charge is 2.15. The van der Waals surface area contributed by atoms with E-state index in [4.69, 9.17) is 21.4 Å². The Hall–Kier alpha value is -1.44. The first kappa shape index (κ1) is 12.6. The molecule has 1 aliphatic heterocycles. The summed E-state index contributed by atoms with van der Waals surface area (Å²) >= 11 is 5.42. The number of furan rings is 1. The SMILES string of the molecule is Cn1c(-c2ccco2)nn(CN2CCOCC2)c1=S. The molecule has 0 aliphatic carbocycles. The van der Waals surface area contributed by atoms with E-state index >= 15 is 0 Å². The first-order chi connectivity index (χ1) is 9.25. The third kappa shape index (κ3) is 2.49. The van der Waals surface area contributed by atoms with Crippen molar-refractivity contribution < 1.29 is 9.15 Å². The van der Waals surface area contributed by atoms with Gasteiger partial charge in [0, 0.05) is 20.1 Å². The van der Waals surface area contributed by atoms with Crippen molar-refractivity contribution in [2.24, 2.45) is 7.05 Å². The molecule has 0 N–H and O–H groups in total. The molecule has 3 rings (SSSR count). The Bertz CT molecular complexity index is 596. The fourth-order valence-corrected chi connectivity index (χ4v) is 2.32. The molecule has 0 spiro atoms. The van der Waals surface area contributed by atoms with Crippen molar-refractivity contribution in [2.75, 3.05) is 26.3 Å². The highest BCUT2D eigenvalue weighted by atomic mass is 32.1. The summed E-state index contributed by atoms with van der Waals surface area (Å²) in [5.74, 6) is 1.48. The minimum absolute atomic E-state index is 0.691. The lowest BCUT2D eigenvalue weighted by Crippen LogP contribution is -2.37. The molecule has 1 saturated heterocycles. The lowest BCUT2D eigenvalue weighted by Gasteiger charge is -2.25. The molecule has 2 aromatic heterocycles. The molecule has 0 aromatic carbocycles. The van der Waals surface area contributed by atoms with Crippen molar-refractivity contribution in [2.45, 2.75) is 6.67 Å². The quantitative estimate of drug-likeness (QED) is 0.797. The van der Waals surface area contributed by atoms with Gasteiger partial charge in [0.1, 0.15) is 0 Å². The molecule has 0 bridgehead atoms. The summed E-state index contributed by atoms with van der Waals surface area (Å²) in [7, 11) is 1.91. The lowest BCUT2D eigenvalue weighted by atomic mass is 10.4. The largest absolute Gasteiger partial charge is 0.461 e. The van der Waals surface area contributed by atoms with Crippen molar-refractivity contribution in [1.82, 2.24) is 19.2 Å². The highest BCUT2D eigenvalue weighted by Crippen LogP contribution is 2.17. The Morgan fingerprint density at radius 1 is 1.37 bits per heavy atom. The predicted octanol–water partition coefficient (Wildman–Crippen LogP) is 1.50. The summed E-state index contributed by atoms with van der Waals surface area (Å²) < 4.78 is 15.1. The van der Waals surface area contributed by atoms with Crippen LogP contribution < -0.4 is 0 Å². The average Bonchev–Trinajstić information content (AvgIpc) is 3.04. The van der Waals surface area contributed by atoms with Crippen LogP contribution in [0.15, 0.2) is 22.8 Å². The maximum atomic E-state index is 5.42. The van der Waals surface area contributed by atoms with Gasteiger partial charge in [-0.15, -0.1) is 5.10 Å². The van der Waals surface area contributed by atoms with Gasteiger partial charge in [0.15, 0.2) is 16.4 Å². The molecule has 7 heteroatoms. The lowest BCUT2D eigenvalue weighted by molar-refractivity contribution is 0.0210. The van der Waals surface area contributed by atoms with Gasteiger partial charge in [-0.1, -0.05) is 0 Å². The molecule has 0 atom stereocenters. The average molecular weight is 280 g/mol. The Labute approximate surface area is 116 Å². The summed E-state index contributed by atoms with van der Waals surface area (Å²) in [4.78, 5) is 2.28. The first-order valence-electron chi connectivity index (χ1n) is 6.23. The zero-order chi connectivity index (χ0) is 13.2. The molecule has 102 valence electrons. The van der Waals surface area contributed by atoms with Crippen LogP contribution >= 0.6 is 12.2 Å². The fraction of sp³-hybridized carbons (Fsp3) is 0.500. The molecule has 19 heavy (non-hydrogen) atoms. The standard InChI is InChI=1S/C12H16N4O2S/c1-14-11(10-3-2-6-18-10)13-16(12(14)19)9-15-4-7-17-8-5-15/h2-3,6H,4-5,7-9H2,1H3. The minimum atomic E-state index is 0.691. The third-order valence-corrected chi connectivity index (χ3v) is 3.70. The fourth-order valence-electron chi connectivity index (χ4n) is 2.13. The van der Waals surface area contributed by atoms with Crippen molar-refractivity contribution in [3.05, 3.63) is 23.2 Å². The maximum absolute atomic E-state index is 5.42. The van der Waals surface area contributed by atoms with E-state index in [-0.39, 0.29) is 0 Å². The Morgan fingerprint density at radius 2 is 2.16 bits per heavy atom. The molecule has 1 aliphatic rings. The third-order valence-electron chi connectivity index (χ3n) is 3.22. The molecule has 2 aromatic rings. The summed E-state index contributed by atoms with van der Waals surface area (Å²) in [6.45, 7) is 4.05. The van der Waals surface area contributed by atoms with Gasteiger partial charge in [-0.2, -0.15) is 0 Å². The van der Waals surface area contributed by atoms with Gasteiger partial charge in [-0.25, -0.2) is 4.68 Å². The second kappa shape index (κ2) is 5.28. The van der Waals surface area contributed by atoms with Gasteiger partial charge < -0.3 is 13.7 Å². The van der Waals surface area contributed by atoms with Gasteiger partial charge in [-0.3, -0.25) is 4.90 Å². The molecular weight excluding hydrogens is 264 g/mol. The van der Waals surface area contributed by atoms with E-state index in [0.717, 1.165) is 37.9 Å². The molecule has 0 radical (unpaired) electrons. The van der Waals surface area contributed by atoms with Crippen molar-refractivity contribution in [1.29, 1.82) is 0 Å². The van der Waals surface area contributed by atoms with Crippen LogP contribution in [0.2, 0.25) is 0 Å². The summed E-state index contributed by atoms with van der Waals surface area (Å²) in [5, 5.41) is 4.55. The molecule has 0 amide bonds. The second-order valence-electron chi connectivity index (χ2n) is 4.51. The zero-order valence-corrected chi connectivity index (χ0v) is 11.6. The molecule has 1 fully saturated rings. The Balaban J connectivity index is 1.86. The molecule has 0 saturated carbocycles. The number of nitrogens with zero attached hydrogens (tertiary/aromatic N) is 4. The van der Waals surface area contributed by atoms with Crippen LogP contribution in [0.5, 0.6) is 0 Å². The highest BCUT2D eigenvalue weighted by molar-refractivity contribution is 7.71. The van der Waals surface area contributed by atoms with Gasteiger partial charge in [0.05, 0.1) is 26.1 Å². The van der Waals surface area contributed by atoms with Crippen molar-refractivity contribution >= 4 is 12.2 Å². The molecular formula is C12H16N4O2S. The summed E-state index contributed by atoms with van der Waals surface area (Å²) in [6, 6.07) is 3.73. The van der Waals surface area contributed by atoms with Crippen molar-refractivity contribution in [3.63, 3.8) is 0 Å². The number of ether oxygens (including phenoxy) is 1. The topological polar surface area (TPSA) is 48.4 Å². The van der Waals surface area contributed by atoms with E-state index < -0.39 is 0 Å². The van der Waals surface area contributed by atoms with Gasteiger partial charge in [0.25, 0.3) is 0 Å². The summed E-state index contributed by atoms with van der Waals surface area (Å²) in [6.07, 6.45) is 1.64. The monoisotopic (exact) mass is 280 g/mol. The van der Waals surface area contributed by atoms with Crippen LogP contribution in [-0.2, 0) is 18.5 Å². The zero-order valence-electron chi connectivity index (χ0n) is 10.8. The Kier molecular flexibility index (Phi) is 3.50. The smallest absolute Gasteiger partial charge is 0.199 e. The van der Waals surface area contributed by atoms with E-state index in [9.17, 15) is 0 Å².